The molecule has 1 unspecified atom stereocenters. The number of ether oxygens (including phenoxy) is 3. The third-order valence-corrected chi connectivity index (χ3v) is 12.6. The first-order valence-electron chi connectivity index (χ1n) is 28.5. The van der Waals surface area contributed by atoms with E-state index in [9.17, 15) is 9.59 Å². The van der Waals surface area contributed by atoms with Crippen LogP contribution in [0.5, 0.6) is 0 Å². The van der Waals surface area contributed by atoms with Gasteiger partial charge in [-0.25, -0.2) is 0 Å². The van der Waals surface area contributed by atoms with Crippen LogP contribution in [0, 0.1) is 0 Å². The van der Waals surface area contributed by atoms with Crippen LogP contribution < -0.4 is 0 Å². The van der Waals surface area contributed by atoms with E-state index < -0.39 is 6.10 Å². The Labute approximate surface area is 400 Å². The van der Waals surface area contributed by atoms with Crippen molar-refractivity contribution in [2.24, 2.45) is 0 Å². The Balaban J connectivity index is 4.21. The van der Waals surface area contributed by atoms with Gasteiger partial charge in [0, 0.05) is 19.4 Å². The van der Waals surface area contributed by atoms with Crippen molar-refractivity contribution < 1.29 is 23.8 Å². The molecule has 5 heteroatoms. The first kappa shape index (κ1) is 62.1. The van der Waals surface area contributed by atoms with Gasteiger partial charge in [0.2, 0.25) is 0 Å². The quantitative estimate of drug-likeness (QED) is 0.0346. The fourth-order valence-corrected chi connectivity index (χ4v) is 8.37. The zero-order chi connectivity index (χ0) is 46.3. The molecule has 0 aromatic carbocycles. The summed E-state index contributed by atoms with van der Waals surface area (Å²) >= 11 is 0. The highest BCUT2D eigenvalue weighted by atomic mass is 16.6. The number of carbonyl (C=O) groups excluding carboxylic acids is 2. The van der Waals surface area contributed by atoms with E-state index in [1.54, 1.807) is 0 Å². The number of rotatable bonds is 53. The Morgan fingerprint density at radius 2 is 0.688 bits per heavy atom. The fraction of sp³-hybridized carbons (Fsp3) is 0.864. The Morgan fingerprint density at radius 1 is 0.344 bits per heavy atom. The van der Waals surface area contributed by atoms with E-state index in [0.29, 0.717) is 19.4 Å². The van der Waals surface area contributed by atoms with Crippen LogP contribution in [-0.4, -0.2) is 37.9 Å². The van der Waals surface area contributed by atoms with Crippen molar-refractivity contribution in [1.29, 1.82) is 0 Å². The molecule has 5 nitrogen and oxygen atoms in total. The number of hydrogen-bond donors (Lipinski definition) is 0. The summed E-state index contributed by atoms with van der Waals surface area (Å²) in [5.74, 6) is -0.399. The van der Waals surface area contributed by atoms with E-state index in [2.05, 4.69) is 57.2 Å². The van der Waals surface area contributed by atoms with Crippen LogP contribution in [0.15, 0.2) is 36.5 Å². The van der Waals surface area contributed by atoms with Gasteiger partial charge in [0.05, 0.1) is 6.61 Å². The smallest absolute Gasteiger partial charge is 0.306 e. The molecule has 0 radical (unpaired) electrons. The van der Waals surface area contributed by atoms with E-state index in [1.807, 2.05) is 0 Å². The largest absolute Gasteiger partial charge is 0.462 e. The second-order valence-electron chi connectivity index (χ2n) is 19.2. The van der Waals surface area contributed by atoms with Crippen LogP contribution in [0.25, 0.3) is 0 Å². The average Bonchev–Trinajstić information content (AvgIpc) is 3.30. The predicted octanol–water partition coefficient (Wildman–Crippen LogP) is 19.4. The Kier molecular flexibility index (Phi) is 53.8. The van der Waals surface area contributed by atoms with Crippen LogP contribution in [-0.2, 0) is 23.8 Å². The monoisotopic (exact) mass is 899 g/mol. The molecule has 0 rings (SSSR count). The van der Waals surface area contributed by atoms with Gasteiger partial charge in [-0.3, -0.25) is 9.59 Å². The van der Waals surface area contributed by atoms with Gasteiger partial charge < -0.3 is 14.2 Å². The lowest BCUT2D eigenvalue weighted by Crippen LogP contribution is -2.30. The first-order chi connectivity index (χ1) is 31.6. The van der Waals surface area contributed by atoms with Crippen molar-refractivity contribution in [3.8, 4) is 0 Å². The van der Waals surface area contributed by atoms with Crippen LogP contribution >= 0.6 is 0 Å². The number of esters is 2. The number of allylic oxidation sites excluding steroid dienone is 6. The minimum absolute atomic E-state index is 0.0837. The molecule has 0 aliphatic rings. The minimum Gasteiger partial charge on any atom is -0.462 e. The van der Waals surface area contributed by atoms with E-state index in [1.165, 1.54) is 218 Å². The third-order valence-electron chi connectivity index (χ3n) is 12.6. The summed E-state index contributed by atoms with van der Waals surface area (Å²) in [5, 5.41) is 0. The topological polar surface area (TPSA) is 61.8 Å². The molecule has 0 aliphatic heterocycles. The minimum atomic E-state index is -0.540. The second kappa shape index (κ2) is 55.4. The Morgan fingerprint density at radius 3 is 1.11 bits per heavy atom. The van der Waals surface area contributed by atoms with Crippen molar-refractivity contribution in [3.05, 3.63) is 36.5 Å². The van der Waals surface area contributed by atoms with Gasteiger partial charge in [-0.15, -0.1) is 0 Å². The van der Waals surface area contributed by atoms with Gasteiger partial charge in [0.15, 0.2) is 6.10 Å². The summed E-state index contributed by atoms with van der Waals surface area (Å²) in [6, 6.07) is 0. The van der Waals surface area contributed by atoms with Crippen LogP contribution in [0.4, 0.5) is 0 Å². The number of hydrogen-bond acceptors (Lipinski definition) is 5. The van der Waals surface area contributed by atoms with Gasteiger partial charge in [-0.2, -0.15) is 0 Å². The summed E-state index contributed by atoms with van der Waals surface area (Å²) in [5.41, 5.74) is 0. The van der Waals surface area contributed by atoms with E-state index in [0.717, 1.165) is 51.4 Å². The van der Waals surface area contributed by atoms with Gasteiger partial charge in [0.25, 0.3) is 0 Å². The van der Waals surface area contributed by atoms with Crippen LogP contribution in [0.2, 0.25) is 0 Å². The van der Waals surface area contributed by atoms with Crippen molar-refractivity contribution in [1.82, 2.24) is 0 Å². The second-order valence-corrected chi connectivity index (χ2v) is 19.2. The summed E-state index contributed by atoms with van der Waals surface area (Å²) in [6.07, 6.45) is 67.3. The van der Waals surface area contributed by atoms with Gasteiger partial charge >= 0.3 is 11.9 Å². The molecule has 0 N–H and O–H groups in total. The van der Waals surface area contributed by atoms with E-state index in [-0.39, 0.29) is 25.2 Å². The first-order valence-corrected chi connectivity index (χ1v) is 28.5. The molecule has 0 fully saturated rings. The van der Waals surface area contributed by atoms with Gasteiger partial charge in [0.1, 0.15) is 6.61 Å². The fourth-order valence-electron chi connectivity index (χ4n) is 8.37. The van der Waals surface area contributed by atoms with Gasteiger partial charge in [-0.05, 0) is 70.6 Å². The van der Waals surface area contributed by atoms with Crippen molar-refractivity contribution in [2.75, 3.05) is 19.8 Å². The molecule has 0 aromatic heterocycles. The Bertz CT molecular complexity index is 1020. The summed E-state index contributed by atoms with van der Waals surface area (Å²) in [6.45, 7) is 7.80. The highest BCUT2D eigenvalue weighted by molar-refractivity contribution is 5.70. The van der Waals surface area contributed by atoms with E-state index >= 15 is 0 Å². The number of unbranched alkanes of at least 4 members (excludes halogenated alkanes) is 36. The predicted molar refractivity (Wildman–Crippen MR) is 279 cm³/mol. The Hall–Kier alpha value is -1.88. The molecule has 376 valence electrons. The van der Waals surface area contributed by atoms with Gasteiger partial charge in [-0.1, -0.05) is 256 Å². The zero-order valence-electron chi connectivity index (χ0n) is 43.3. The molecule has 0 saturated heterocycles. The SMILES string of the molecule is CCC/C=C\C/C=C\CCCCCCCC(=O)OC(COCCCCCCCCCCCCCCCCCC)COC(=O)CCCCCCCCCCC/C=C\CCCCCCCC. The molecular weight excluding hydrogens is 789 g/mol. The normalized spacial score (nSPS) is 12.4. The number of carbonyl (C=O) groups is 2. The lowest BCUT2D eigenvalue weighted by atomic mass is 10.0. The van der Waals surface area contributed by atoms with Crippen LogP contribution in [0.3, 0.4) is 0 Å². The maximum Gasteiger partial charge on any atom is 0.306 e. The summed E-state index contributed by atoms with van der Waals surface area (Å²) in [7, 11) is 0. The average molecular weight is 900 g/mol. The lowest BCUT2D eigenvalue weighted by Gasteiger charge is -2.18. The van der Waals surface area contributed by atoms with Crippen molar-refractivity contribution in [3.63, 3.8) is 0 Å². The maximum atomic E-state index is 12.8. The van der Waals surface area contributed by atoms with Crippen molar-refractivity contribution in [2.45, 2.75) is 309 Å². The van der Waals surface area contributed by atoms with Crippen molar-refractivity contribution >= 4 is 11.9 Å². The zero-order valence-corrected chi connectivity index (χ0v) is 43.3. The molecule has 0 aromatic rings. The molecule has 0 amide bonds. The molecule has 0 spiro atoms. The molecule has 64 heavy (non-hydrogen) atoms. The van der Waals surface area contributed by atoms with E-state index in [4.69, 9.17) is 14.2 Å². The highest BCUT2D eigenvalue weighted by Gasteiger charge is 2.17. The van der Waals surface area contributed by atoms with Crippen LogP contribution in [0.1, 0.15) is 303 Å². The molecule has 1 atom stereocenters. The summed E-state index contributed by atoms with van der Waals surface area (Å²) < 4.78 is 17.5. The lowest BCUT2D eigenvalue weighted by molar-refractivity contribution is -0.163. The third kappa shape index (κ3) is 52.7. The molecular formula is C59H110O5. The highest BCUT2D eigenvalue weighted by Crippen LogP contribution is 2.16. The molecule has 0 bridgehead atoms. The summed E-state index contributed by atoms with van der Waals surface area (Å²) in [4.78, 5) is 25.5. The standard InChI is InChI=1S/C59H110O5/c1-4-7-10-13-16-19-22-25-27-29-30-31-32-35-37-40-43-46-49-52-58(60)63-56-57(64-59(61)53-50-47-44-41-38-34-24-21-18-15-12-9-6-3)55-62-54-51-48-45-42-39-36-33-28-26-23-20-17-14-11-8-5-2/h12,15,21,24-25,27,57H,4-11,13-14,16-20,22-23,26,28-56H2,1-3H3/b15-12-,24-21-,27-25-. The molecule has 0 heterocycles. The maximum absolute atomic E-state index is 12.8. The molecule has 0 saturated carbocycles. The molecule has 0 aliphatic carbocycles.